The van der Waals surface area contributed by atoms with Gasteiger partial charge in [-0.1, -0.05) is 12.1 Å². The number of H-pyrrole nitrogens is 1. The number of amides is 1. The van der Waals surface area contributed by atoms with Crippen molar-refractivity contribution in [3.8, 4) is 11.6 Å². The van der Waals surface area contributed by atoms with Crippen LogP contribution in [0.2, 0.25) is 0 Å². The van der Waals surface area contributed by atoms with Gasteiger partial charge in [0.25, 0.3) is 5.91 Å². The van der Waals surface area contributed by atoms with E-state index < -0.39 is 6.04 Å². The van der Waals surface area contributed by atoms with Gasteiger partial charge in [-0.2, -0.15) is 0 Å². The zero-order chi connectivity index (χ0) is 21.9. The van der Waals surface area contributed by atoms with Gasteiger partial charge in [0.2, 0.25) is 5.76 Å². The van der Waals surface area contributed by atoms with Crippen LogP contribution in [0.1, 0.15) is 54.6 Å². The van der Waals surface area contributed by atoms with Crippen molar-refractivity contribution in [2.24, 2.45) is 0 Å². The highest BCUT2D eigenvalue weighted by atomic mass is 32.1. The first-order valence-corrected chi connectivity index (χ1v) is 11.1. The molecule has 1 saturated carbocycles. The monoisotopic (exact) mass is 446 g/mol. The maximum Gasteiger partial charge on any atom is 0.272 e. The predicted molar refractivity (Wildman–Crippen MR) is 117 cm³/mol. The number of nitrogens with zero attached hydrogens (tertiary/aromatic N) is 6. The summed E-state index contributed by atoms with van der Waals surface area (Å²) < 4.78 is 5.50. The van der Waals surface area contributed by atoms with E-state index in [1.807, 2.05) is 19.1 Å². The van der Waals surface area contributed by atoms with Gasteiger partial charge in [-0.25, -0.2) is 24.9 Å². The fourth-order valence-electron chi connectivity index (χ4n) is 3.59. The Morgan fingerprint density at radius 2 is 2.12 bits per heavy atom. The van der Waals surface area contributed by atoms with Crippen LogP contribution in [0.15, 0.2) is 34.6 Å². The fourth-order valence-corrected chi connectivity index (χ4v) is 4.22. The van der Waals surface area contributed by atoms with Crippen LogP contribution < -0.4 is 5.32 Å². The van der Waals surface area contributed by atoms with Crippen LogP contribution >= 0.6 is 11.3 Å². The van der Waals surface area contributed by atoms with E-state index in [2.05, 4.69) is 42.3 Å². The van der Waals surface area contributed by atoms with Gasteiger partial charge in [-0.05, 0) is 31.9 Å². The molecule has 1 aliphatic carbocycles. The number of carbonyl (C=O) groups is 1. The van der Waals surface area contributed by atoms with E-state index in [1.54, 1.807) is 11.6 Å². The largest absolute Gasteiger partial charge is 0.353 e. The average molecular weight is 446 g/mol. The van der Waals surface area contributed by atoms with E-state index >= 15 is 0 Å². The second kappa shape index (κ2) is 6.89. The minimum Gasteiger partial charge on any atom is -0.353 e. The molecule has 11 heteroatoms. The minimum absolute atomic E-state index is 0.175. The number of hydrogen-bond donors (Lipinski definition) is 2. The van der Waals surface area contributed by atoms with Crippen molar-refractivity contribution in [1.82, 2.24) is 40.4 Å². The molecular weight excluding hydrogens is 428 g/mol. The SMILES string of the molecule is C[C@@H](NC(=O)c1ncnc2scnc12)c1cc(-c2nc3nc(C4(C)CC4)ccc3[nH]2)on1. The van der Waals surface area contributed by atoms with Gasteiger partial charge in [0.05, 0.1) is 17.1 Å². The lowest BCUT2D eigenvalue weighted by molar-refractivity contribution is 0.0935. The molecular formula is C21H18N8O2S. The Balaban J connectivity index is 1.23. The number of pyridine rings is 1. The Labute approximate surface area is 185 Å². The van der Waals surface area contributed by atoms with Gasteiger partial charge in [0.1, 0.15) is 22.4 Å². The molecule has 0 aliphatic heterocycles. The van der Waals surface area contributed by atoms with Crippen LogP contribution in [0.3, 0.4) is 0 Å². The lowest BCUT2D eigenvalue weighted by Gasteiger charge is -2.10. The molecule has 32 heavy (non-hydrogen) atoms. The molecule has 0 radical (unpaired) electrons. The van der Waals surface area contributed by atoms with Gasteiger partial charge >= 0.3 is 0 Å². The van der Waals surface area contributed by atoms with Crippen molar-refractivity contribution >= 4 is 38.8 Å². The molecule has 5 heterocycles. The molecule has 1 amide bonds. The van der Waals surface area contributed by atoms with E-state index in [0.29, 0.717) is 33.3 Å². The molecule has 1 fully saturated rings. The van der Waals surface area contributed by atoms with Gasteiger partial charge in [0, 0.05) is 17.2 Å². The molecule has 5 aromatic heterocycles. The minimum atomic E-state index is -0.410. The second-order valence-corrected chi connectivity index (χ2v) is 9.09. The van der Waals surface area contributed by atoms with Crippen molar-refractivity contribution in [3.63, 3.8) is 0 Å². The number of fused-ring (bicyclic) bond motifs is 2. The van der Waals surface area contributed by atoms with E-state index in [9.17, 15) is 4.79 Å². The molecule has 5 aromatic rings. The highest BCUT2D eigenvalue weighted by Crippen LogP contribution is 2.46. The maximum absolute atomic E-state index is 12.7. The summed E-state index contributed by atoms with van der Waals surface area (Å²) >= 11 is 1.36. The topological polar surface area (TPSA) is 135 Å². The smallest absolute Gasteiger partial charge is 0.272 e. The molecule has 0 aromatic carbocycles. The summed E-state index contributed by atoms with van der Waals surface area (Å²) in [4.78, 5) is 38.3. The van der Waals surface area contributed by atoms with Gasteiger partial charge in [0.15, 0.2) is 17.2 Å². The number of hydrogen-bond acceptors (Lipinski definition) is 9. The normalized spacial score (nSPS) is 15.8. The van der Waals surface area contributed by atoms with Crippen LogP contribution in [0, 0.1) is 0 Å². The first-order valence-electron chi connectivity index (χ1n) is 10.2. The Hall–Kier alpha value is -3.73. The third-order valence-corrected chi connectivity index (χ3v) is 6.60. The lowest BCUT2D eigenvalue weighted by atomic mass is 10.1. The van der Waals surface area contributed by atoms with E-state index in [-0.39, 0.29) is 17.0 Å². The highest BCUT2D eigenvalue weighted by Gasteiger charge is 2.40. The molecule has 0 bridgehead atoms. The van der Waals surface area contributed by atoms with E-state index in [0.717, 1.165) is 24.1 Å². The molecule has 1 aliphatic rings. The van der Waals surface area contributed by atoms with Crippen LogP contribution in [-0.4, -0.2) is 41.0 Å². The number of imidazole rings is 1. The fraction of sp³-hybridized carbons (Fsp3) is 0.286. The molecule has 0 spiro atoms. The summed E-state index contributed by atoms with van der Waals surface area (Å²) in [5.74, 6) is 0.666. The number of rotatable bonds is 5. The van der Waals surface area contributed by atoms with E-state index in [1.165, 1.54) is 17.7 Å². The van der Waals surface area contributed by atoms with Gasteiger partial charge in [-0.15, -0.1) is 11.3 Å². The first-order chi connectivity index (χ1) is 15.5. The van der Waals surface area contributed by atoms with Gasteiger partial charge < -0.3 is 14.8 Å². The average Bonchev–Trinajstić information content (AvgIpc) is 3.24. The van der Waals surface area contributed by atoms with Crippen LogP contribution in [0.25, 0.3) is 33.1 Å². The second-order valence-electron chi connectivity index (χ2n) is 8.25. The number of aromatic amines is 1. The van der Waals surface area contributed by atoms with Crippen molar-refractivity contribution in [1.29, 1.82) is 0 Å². The Morgan fingerprint density at radius 3 is 2.97 bits per heavy atom. The number of carbonyl (C=O) groups excluding carboxylic acids is 1. The first kappa shape index (κ1) is 19.0. The third kappa shape index (κ3) is 3.12. The maximum atomic E-state index is 12.7. The standard InChI is InChI=1S/C21H18N8O2S/c1-10(25-19(30)15-16-20(23-8-22-15)32-9-24-16)12-7-13(31-29-12)18-26-11-3-4-14(21(2)5-6-21)27-17(11)28-18/h3-4,7-10H,5-6H2,1-2H3,(H,25,30)(H,26,27,28)/t10-/m1/s1. The molecule has 6 rings (SSSR count). The number of thiazole rings is 1. The predicted octanol–water partition coefficient (Wildman–Crippen LogP) is 3.56. The molecule has 0 saturated heterocycles. The third-order valence-electron chi connectivity index (χ3n) is 5.87. The van der Waals surface area contributed by atoms with E-state index in [4.69, 9.17) is 9.51 Å². The summed E-state index contributed by atoms with van der Waals surface area (Å²) in [5.41, 5.74) is 5.65. The van der Waals surface area contributed by atoms with Crippen LogP contribution in [0.5, 0.6) is 0 Å². The number of aromatic nitrogens is 7. The summed E-state index contributed by atoms with van der Waals surface area (Å²) in [5, 5.41) is 7.00. The molecule has 10 nitrogen and oxygen atoms in total. The van der Waals surface area contributed by atoms with Gasteiger partial charge in [-0.3, -0.25) is 4.79 Å². The quantitative estimate of drug-likeness (QED) is 0.418. The van der Waals surface area contributed by atoms with Crippen LogP contribution in [-0.2, 0) is 5.41 Å². The van der Waals surface area contributed by atoms with Crippen molar-refractivity contribution in [3.05, 3.63) is 47.1 Å². The zero-order valence-corrected chi connectivity index (χ0v) is 18.1. The van der Waals surface area contributed by atoms with Crippen molar-refractivity contribution in [2.75, 3.05) is 0 Å². The molecule has 2 N–H and O–H groups in total. The summed E-state index contributed by atoms with van der Waals surface area (Å²) in [7, 11) is 0. The van der Waals surface area contributed by atoms with Crippen LogP contribution in [0.4, 0.5) is 0 Å². The summed E-state index contributed by atoms with van der Waals surface area (Å²) in [6.07, 6.45) is 3.67. The Bertz CT molecular complexity index is 1480. The molecule has 0 unspecified atom stereocenters. The Kier molecular flexibility index (Phi) is 4.09. The zero-order valence-electron chi connectivity index (χ0n) is 17.3. The highest BCUT2D eigenvalue weighted by molar-refractivity contribution is 7.16. The van der Waals surface area contributed by atoms with Crippen molar-refractivity contribution in [2.45, 2.75) is 38.1 Å². The lowest BCUT2D eigenvalue weighted by Crippen LogP contribution is -2.28. The molecule has 1 atom stereocenters. The Morgan fingerprint density at radius 1 is 1.25 bits per heavy atom. The number of nitrogens with one attached hydrogen (secondary N) is 2. The summed E-state index contributed by atoms with van der Waals surface area (Å²) in [6, 6.07) is 5.39. The summed E-state index contributed by atoms with van der Waals surface area (Å²) in [6.45, 7) is 4.04. The van der Waals surface area contributed by atoms with Crippen molar-refractivity contribution < 1.29 is 9.32 Å². The molecule has 160 valence electrons.